The third-order valence-electron chi connectivity index (χ3n) is 31.2. The van der Waals surface area contributed by atoms with E-state index < -0.39 is 454 Å². The number of hydrogen-bond donors (Lipinski definition) is 0. The zero-order chi connectivity index (χ0) is 116. The molecule has 0 bridgehead atoms. The van der Waals surface area contributed by atoms with Crippen molar-refractivity contribution >= 4 is 1030 Å². The van der Waals surface area contributed by atoms with Gasteiger partial charge in [-0.05, 0) is 0 Å². The molecule has 0 atom stereocenters. The van der Waals surface area contributed by atoms with E-state index in [2.05, 4.69) is 0 Å². The molecule has 0 aromatic heterocycles. The Labute approximate surface area is 1030 Å². The molecule has 0 N–H and O–H groups in total. The van der Waals surface area contributed by atoms with Crippen LogP contribution in [0.2, 0.25) is 0 Å². The quantitative estimate of drug-likeness (QED) is 0.0538. The Morgan fingerprint density at radius 1 is 0.0884 bits per heavy atom. The number of nitrogens with zero attached hydrogens (tertiary/aromatic N) is 1. The number of hydrogen-bond acceptors (Lipinski definition) is 1. The second kappa shape index (κ2) is 72.8. The molecule has 147 heavy (non-hydrogen) atoms. The molecule has 0 spiro atoms. The van der Waals surface area contributed by atoms with Gasteiger partial charge in [0, 0.05) is 0 Å². The standard InChI is InChI=1S/B146N/c1-74-112(76(2)3)131(111(72)73)142(130(109(68)69)110(70)71)145(143(138(122(93(36)37)94(38)39)123(95(40)41)96(42)43)139(124(97(44)45)98(46)47)125(99(48)49)100(50)51)146(144(140(126(101(52)53)102(54)55)127(103(56)57)104(58)59)141(128(105(60)61)106(62)63)129(107(64)65)108(66)67)147-75-113(132(134(114(77(4)5)78(6)7)115(79(8)9)80(10)11)135(116(81(12)13)82(14)15)117(83(16)17)84(18)19)133(136(118(85(20)21)86(22)23)119(87(24)25)88(26)27)137(120(89(28)29)90(30)31)121(91(32)33)92(34)35. The third kappa shape index (κ3) is 42.7. The van der Waals surface area contributed by atoms with Gasteiger partial charge in [0.2, 0.25) is 0 Å². The van der Waals surface area contributed by atoms with Crippen LogP contribution >= 0.6 is 0 Å². The zero-order valence-electron chi connectivity index (χ0n) is 84.7. The van der Waals surface area contributed by atoms with Crippen LogP contribution in [-0.4, -0.2) is 1030 Å². The van der Waals surface area contributed by atoms with Gasteiger partial charge >= 0.3 is 1040 Å². The van der Waals surface area contributed by atoms with E-state index in [1.54, 1.807) is 0 Å². The summed E-state index contributed by atoms with van der Waals surface area (Å²) in [5, 5.41) is 0. The van der Waals surface area contributed by atoms with Crippen LogP contribution in [0, 0.1) is 0 Å². The molecule has 0 aromatic rings. The van der Waals surface area contributed by atoms with E-state index in [0.29, 0.717) is 0 Å². The fraction of sp³-hybridized carbons (Fsp3) is 0. The monoisotopic (exact) mass is 1620 g/mol. The Kier molecular flexibility index (Phi) is 77.4. The van der Waals surface area contributed by atoms with Crippen molar-refractivity contribution in [2.24, 2.45) is 4.81 Å². The molecule has 0 fully saturated rings. The van der Waals surface area contributed by atoms with Crippen LogP contribution in [0.1, 0.15) is 0 Å². The summed E-state index contributed by atoms with van der Waals surface area (Å²) in [6.07, 6.45) is -150. The van der Waals surface area contributed by atoms with Gasteiger partial charge in [0.15, 0.2) is 0 Å². The fourth-order valence-electron chi connectivity index (χ4n) is 26.1. The van der Waals surface area contributed by atoms with Crippen LogP contribution in [0.4, 0.5) is 0 Å². The molecular weight excluding hydrogens is 1590 g/mol. The van der Waals surface area contributed by atoms with Gasteiger partial charge in [-0.3, -0.25) is 0 Å². The summed E-state index contributed by atoms with van der Waals surface area (Å²) in [7, 11) is 539. The summed E-state index contributed by atoms with van der Waals surface area (Å²) in [5.74, 6) is 0. The Morgan fingerprint density at radius 3 is 0.272 bits per heavy atom. The van der Waals surface area contributed by atoms with E-state index in [4.69, 9.17) is 570 Å². The van der Waals surface area contributed by atoms with Gasteiger partial charge in [-0.1, -0.05) is 0 Å². The molecule has 0 heterocycles. The van der Waals surface area contributed by atoms with E-state index in [0.717, 1.165) is 14.0 Å². The Balaban J connectivity index is 17.5. The Morgan fingerprint density at radius 2 is 0.177 bits per heavy atom. The summed E-state index contributed by atoms with van der Waals surface area (Å²) < 4.78 is 0. The maximum absolute atomic E-state index is 7.64. The zero-order valence-corrected chi connectivity index (χ0v) is 84.7. The summed E-state index contributed by atoms with van der Waals surface area (Å²) in [6, 6.07) is 0. The van der Waals surface area contributed by atoms with Crippen LogP contribution in [0.25, 0.3) is 0 Å². The first-order valence-corrected chi connectivity index (χ1v) is 48.5. The molecule has 0 amide bonds. The third-order valence-corrected chi connectivity index (χ3v) is 31.2. The molecule has 147 heteroatoms. The fourth-order valence-corrected chi connectivity index (χ4v) is 26.1. The van der Waals surface area contributed by atoms with E-state index in [1.807, 2.05) is 0 Å². The van der Waals surface area contributed by atoms with Crippen LogP contribution in [0.15, 0.2) is 4.81 Å². The first-order valence-electron chi connectivity index (χ1n) is 48.5. The van der Waals surface area contributed by atoms with Crippen molar-refractivity contribution in [1.82, 2.24) is 0 Å². The molecule has 0 aliphatic heterocycles. The van der Waals surface area contributed by atoms with Crippen LogP contribution < -0.4 is 0 Å². The molecule has 0 aromatic carbocycles. The molecule has 0 aliphatic rings. The average molecular weight is 1590 g/mol. The first kappa shape index (κ1) is 156. The van der Waals surface area contributed by atoms with E-state index >= 15 is 0 Å². The molecule has 0 rings (SSSR count). The topological polar surface area (TPSA) is 12.4 Å². The van der Waals surface area contributed by atoms with Gasteiger partial charge in [0.1, 0.15) is 0 Å². The summed E-state index contributed by atoms with van der Waals surface area (Å²) >= 11 is 0. The Hall–Kier alpha value is 9.28. The molecule has 1 nitrogen and oxygen atoms in total. The van der Waals surface area contributed by atoms with Crippen LogP contribution in [0.5, 0.6) is 0 Å². The molecule has 0 saturated carbocycles. The molecule has 0 unspecified atom stereocenters. The van der Waals surface area contributed by atoms with Gasteiger partial charge in [-0.2, -0.15) is 0 Å². The molecule has 147 radical (unpaired) electrons. The van der Waals surface area contributed by atoms with Crippen molar-refractivity contribution in [3.8, 4) is 0 Å². The van der Waals surface area contributed by atoms with Crippen molar-refractivity contribution in [3.05, 3.63) is 0 Å². The van der Waals surface area contributed by atoms with Crippen LogP contribution in [-0.2, 0) is 0 Å². The molecule has 0 saturated heterocycles. The van der Waals surface area contributed by atoms with Gasteiger partial charge in [-0.25, -0.2) is 0 Å². The van der Waals surface area contributed by atoms with Gasteiger partial charge in [0.25, 0.3) is 0 Å². The van der Waals surface area contributed by atoms with Crippen molar-refractivity contribution in [3.63, 3.8) is 0 Å². The molecular formula is B146N. The van der Waals surface area contributed by atoms with Crippen molar-refractivity contribution in [1.29, 1.82) is 0 Å². The van der Waals surface area contributed by atoms with E-state index in [1.165, 1.54) is 0 Å². The van der Waals surface area contributed by atoms with Crippen molar-refractivity contribution in [2.75, 3.05) is 0 Å². The minimum atomic E-state index is -2.89. The summed E-state index contributed by atoms with van der Waals surface area (Å²) in [5.41, 5.74) is 0. The van der Waals surface area contributed by atoms with E-state index in [-0.39, 0.29) is 0 Å². The number of rotatable bonds is 72. The van der Waals surface area contributed by atoms with Crippen LogP contribution in [0.3, 0.4) is 0 Å². The van der Waals surface area contributed by atoms with Gasteiger partial charge < -0.3 is 0 Å². The minimum absolute atomic E-state index is 0.920. The maximum atomic E-state index is 7.64. The van der Waals surface area contributed by atoms with Crippen molar-refractivity contribution in [2.45, 2.75) is 0 Å². The molecule has 443 valence electrons. The summed E-state index contributed by atoms with van der Waals surface area (Å²) in [4.78, 5) is 6.38. The second-order valence-corrected chi connectivity index (χ2v) is 41.4. The van der Waals surface area contributed by atoms with Gasteiger partial charge in [-0.15, -0.1) is 0 Å². The molecule has 0 aliphatic carbocycles. The van der Waals surface area contributed by atoms with E-state index in [9.17, 15) is 0 Å². The average Bonchev–Trinajstić information content (AvgIpc) is 0.717. The first-order chi connectivity index (χ1) is 67.0. The van der Waals surface area contributed by atoms with Crippen molar-refractivity contribution < 1.29 is 0 Å². The predicted molar refractivity (Wildman–Crippen MR) is 843 cm³/mol. The SMILES string of the molecule is [B][B]B(B([B])[B])B(B([B])[B])B(B(B([B])[B])B([B])[B])B(B(N=BB(B(B(B(B([B])[B])B([B])[B])B(B([B])[B])B([B])[B])B(B(B([B])[B])B([B])[B])B(B([B])[B])B([B])[B])B(B(B(B([B])[B])B([B])[B])B(B([B])[B])B([B])[B])B(B(B([B])[B])B([B])[B])B(B([B])[B])B([B])[B])B(B(B(B([B])[B])B([B])[B])B(B([B])[B])B([B])[B])B(B(B([B])[B])B([B])[B])B(B([B])[B])B([B])[B])B(B(B(B([B])[B])B([B])[B])B(B([B])[B])B([B])[B])B(B(B([B])[B])B([B])[B])B(B([B])[B])B([B])[B]. The predicted octanol–water partition coefficient (Wildman–Crippen LogP) is -55.4. The Bertz CT molecular complexity index is 2770. The van der Waals surface area contributed by atoms with Gasteiger partial charge in [0.05, 0.1) is 0 Å². The summed E-state index contributed by atoms with van der Waals surface area (Å²) in [6.45, 7) is -1.89. The second-order valence-electron chi connectivity index (χ2n) is 41.4. The normalized spacial score (nSPS) is 9.90.